The minimum Gasteiger partial charge on any atom is -0.253 e. The topological polar surface area (TPSA) is 30.7 Å². The van der Waals surface area contributed by atoms with Gasteiger partial charge in [0.2, 0.25) is 0 Å². The van der Waals surface area contributed by atoms with Gasteiger partial charge in [-0.15, -0.1) is 0 Å². The number of rotatable bonds is 4. The summed E-state index contributed by atoms with van der Waals surface area (Å²) in [6.45, 7) is 0. The van der Waals surface area contributed by atoms with Crippen molar-refractivity contribution < 1.29 is 8.78 Å². The molecule has 112 valence electrons. The molecule has 3 nitrogen and oxygen atoms in total. The molecule has 0 aliphatic heterocycles. The molecule has 1 heterocycles. The van der Waals surface area contributed by atoms with Gasteiger partial charge >= 0.3 is 0 Å². The second-order valence-corrected chi connectivity index (χ2v) is 6.38. The van der Waals surface area contributed by atoms with E-state index in [1.54, 1.807) is 30.6 Å². The van der Waals surface area contributed by atoms with Crippen LogP contribution in [-0.2, 0) is 0 Å². The number of aromatic nitrogens is 3. The van der Waals surface area contributed by atoms with Crippen molar-refractivity contribution in [1.29, 1.82) is 0 Å². The third-order valence-corrected chi connectivity index (χ3v) is 4.99. The lowest BCUT2D eigenvalue weighted by molar-refractivity contribution is 0.532. The zero-order valence-electron chi connectivity index (χ0n) is 12.0. The lowest BCUT2D eigenvalue weighted by Gasteiger charge is -2.25. The first-order chi connectivity index (χ1) is 10.6. The van der Waals surface area contributed by atoms with Gasteiger partial charge in [0.25, 0.3) is 0 Å². The molecule has 1 atom stereocenters. The van der Waals surface area contributed by atoms with Crippen LogP contribution in [0.4, 0.5) is 8.78 Å². The molecule has 3 aromatic rings. The molecular weight excluding hydrogens is 300 g/mol. The van der Waals surface area contributed by atoms with Crippen LogP contribution in [0.3, 0.4) is 0 Å². The van der Waals surface area contributed by atoms with Gasteiger partial charge in [-0.1, -0.05) is 24.3 Å². The third-order valence-electron chi connectivity index (χ3n) is 3.79. The molecule has 6 heteroatoms. The van der Waals surface area contributed by atoms with Crippen LogP contribution in [-0.4, -0.2) is 25.0 Å². The zero-order chi connectivity index (χ0) is 15.5. The summed E-state index contributed by atoms with van der Waals surface area (Å²) in [6.07, 6.45) is 3.18. The molecule has 2 aromatic carbocycles. The van der Waals surface area contributed by atoms with Crippen molar-refractivity contribution in [3.63, 3.8) is 0 Å². The van der Waals surface area contributed by atoms with Crippen molar-refractivity contribution in [2.45, 2.75) is 11.6 Å². The molecule has 1 aromatic heterocycles. The standard InChI is InChI=1S/C16H15F2N3Si/c17-13-5-1-11(2-6-13)15(12-3-7-14(18)8-4-12)16(22)21-10-19-9-20-21/h1-10,15-16H,22H3. The summed E-state index contributed by atoms with van der Waals surface area (Å²) in [7, 11) is 0.814. The Kier molecular flexibility index (Phi) is 4.10. The summed E-state index contributed by atoms with van der Waals surface area (Å²) in [5, 5.41) is 4.22. The molecule has 0 spiro atoms. The van der Waals surface area contributed by atoms with Crippen LogP contribution < -0.4 is 0 Å². The first-order valence-corrected chi connectivity index (χ1v) is 8.15. The molecule has 0 saturated heterocycles. The van der Waals surface area contributed by atoms with E-state index in [2.05, 4.69) is 10.1 Å². The van der Waals surface area contributed by atoms with Crippen molar-refractivity contribution >= 4 is 10.2 Å². The fourth-order valence-corrected chi connectivity index (χ4v) is 3.71. The number of nitrogens with zero attached hydrogens (tertiary/aromatic N) is 3. The molecule has 22 heavy (non-hydrogen) atoms. The molecule has 0 aliphatic rings. The number of hydrogen-bond donors (Lipinski definition) is 0. The quantitative estimate of drug-likeness (QED) is 0.692. The van der Waals surface area contributed by atoms with E-state index in [0.29, 0.717) is 0 Å². The van der Waals surface area contributed by atoms with Gasteiger partial charge in [-0.25, -0.2) is 13.8 Å². The maximum Gasteiger partial charge on any atom is 0.137 e. The summed E-state index contributed by atoms with van der Waals surface area (Å²) in [5.41, 5.74) is 2.05. The normalized spacial score (nSPS) is 12.7. The number of halogens is 2. The average Bonchev–Trinajstić information content (AvgIpc) is 3.05. The Labute approximate surface area is 130 Å². The van der Waals surface area contributed by atoms with Gasteiger partial charge in [-0.3, -0.25) is 4.68 Å². The zero-order valence-corrected chi connectivity index (χ0v) is 14.0. The Morgan fingerprint density at radius 2 is 1.36 bits per heavy atom. The predicted octanol–water partition coefficient (Wildman–Crippen LogP) is 2.25. The first kappa shape index (κ1) is 14.6. The molecule has 0 radical (unpaired) electrons. The fourth-order valence-electron chi connectivity index (χ4n) is 2.67. The smallest absolute Gasteiger partial charge is 0.137 e. The van der Waals surface area contributed by atoms with Crippen molar-refractivity contribution in [1.82, 2.24) is 14.8 Å². The highest BCUT2D eigenvalue weighted by atomic mass is 28.1. The summed E-state index contributed by atoms with van der Waals surface area (Å²) in [6, 6.07) is 12.9. The SMILES string of the molecule is Fc1ccc(C(c2ccc(F)cc2)C([SiH3])n2cncn2)cc1. The second-order valence-electron chi connectivity index (χ2n) is 5.20. The summed E-state index contributed by atoms with van der Waals surface area (Å²) < 4.78 is 28.2. The predicted molar refractivity (Wildman–Crippen MR) is 83.6 cm³/mol. The Hall–Kier alpha value is -2.34. The Balaban J connectivity index is 2.05. The van der Waals surface area contributed by atoms with Crippen LogP contribution in [0, 0.1) is 11.6 Å². The highest BCUT2D eigenvalue weighted by Crippen LogP contribution is 2.33. The van der Waals surface area contributed by atoms with Crippen LogP contribution in [0.2, 0.25) is 0 Å². The van der Waals surface area contributed by atoms with Crippen LogP contribution in [0.1, 0.15) is 22.7 Å². The van der Waals surface area contributed by atoms with Crippen molar-refractivity contribution in [2.75, 3.05) is 0 Å². The van der Waals surface area contributed by atoms with E-state index in [4.69, 9.17) is 0 Å². The van der Waals surface area contributed by atoms with Crippen molar-refractivity contribution in [3.05, 3.63) is 83.9 Å². The van der Waals surface area contributed by atoms with E-state index in [1.807, 2.05) is 4.68 Å². The minimum absolute atomic E-state index is 0.0189. The maximum atomic E-state index is 13.2. The Morgan fingerprint density at radius 3 is 1.77 bits per heavy atom. The van der Waals surface area contributed by atoms with Gasteiger partial charge in [-0.2, -0.15) is 5.10 Å². The molecule has 0 fully saturated rings. The van der Waals surface area contributed by atoms with E-state index >= 15 is 0 Å². The molecule has 0 amide bonds. The minimum atomic E-state index is -0.271. The maximum absolute atomic E-state index is 13.2. The molecule has 0 bridgehead atoms. The first-order valence-electron chi connectivity index (χ1n) is 7.00. The number of hydrogen-bond acceptors (Lipinski definition) is 2. The van der Waals surface area contributed by atoms with Gasteiger partial charge in [0.05, 0.1) is 0 Å². The van der Waals surface area contributed by atoms with Gasteiger partial charge in [0.1, 0.15) is 24.3 Å². The highest BCUT2D eigenvalue weighted by molar-refractivity contribution is 6.11. The Bertz CT molecular complexity index is 682. The third kappa shape index (κ3) is 2.96. The van der Waals surface area contributed by atoms with Crippen molar-refractivity contribution in [3.8, 4) is 0 Å². The van der Waals surface area contributed by atoms with Gasteiger partial charge < -0.3 is 0 Å². The molecule has 0 saturated carbocycles. The van der Waals surface area contributed by atoms with Crippen LogP contribution in [0.5, 0.6) is 0 Å². The second kappa shape index (κ2) is 6.19. The lowest BCUT2D eigenvalue weighted by atomic mass is 9.91. The fraction of sp³-hybridized carbons (Fsp3) is 0.125. The van der Waals surface area contributed by atoms with Crippen LogP contribution >= 0.6 is 0 Å². The van der Waals surface area contributed by atoms with Crippen molar-refractivity contribution in [2.24, 2.45) is 0 Å². The molecule has 3 rings (SSSR count). The van der Waals surface area contributed by atoms with E-state index in [-0.39, 0.29) is 23.2 Å². The van der Waals surface area contributed by atoms with Crippen LogP contribution in [0.25, 0.3) is 0 Å². The largest absolute Gasteiger partial charge is 0.253 e. The lowest BCUT2D eigenvalue weighted by Crippen LogP contribution is -2.20. The molecular formula is C16H15F2N3Si. The molecule has 0 N–H and O–H groups in total. The average molecular weight is 315 g/mol. The summed E-state index contributed by atoms with van der Waals surface area (Å²) in [5.74, 6) is -0.561. The van der Waals surface area contributed by atoms with E-state index < -0.39 is 0 Å². The summed E-state index contributed by atoms with van der Waals surface area (Å²) >= 11 is 0. The molecule has 0 aliphatic carbocycles. The van der Waals surface area contributed by atoms with Gasteiger partial charge in [-0.05, 0) is 35.4 Å². The molecule has 1 unspecified atom stereocenters. The van der Waals surface area contributed by atoms with E-state index in [1.165, 1.54) is 30.6 Å². The van der Waals surface area contributed by atoms with Gasteiger partial charge in [0, 0.05) is 21.8 Å². The Morgan fingerprint density at radius 1 is 0.864 bits per heavy atom. The van der Waals surface area contributed by atoms with Crippen LogP contribution in [0.15, 0.2) is 61.2 Å². The highest BCUT2D eigenvalue weighted by Gasteiger charge is 2.23. The van der Waals surface area contributed by atoms with E-state index in [9.17, 15) is 8.78 Å². The monoisotopic (exact) mass is 315 g/mol. The number of benzene rings is 2. The summed E-state index contributed by atoms with van der Waals surface area (Å²) in [4.78, 5) is 4.00. The van der Waals surface area contributed by atoms with Gasteiger partial charge in [0.15, 0.2) is 0 Å². The van der Waals surface area contributed by atoms with E-state index in [0.717, 1.165) is 21.4 Å².